The van der Waals surface area contributed by atoms with Gasteiger partial charge in [0.05, 0.1) is 31.5 Å². The van der Waals surface area contributed by atoms with Gasteiger partial charge in [0.15, 0.2) is 0 Å². The number of carbonyl (C=O) groups is 3. The summed E-state index contributed by atoms with van der Waals surface area (Å²) in [6.07, 6.45) is 0. The van der Waals surface area contributed by atoms with Gasteiger partial charge >= 0.3 is 18.0 Å². The van der Waals surface area contributed by atoms with Gasteiger partial charge in [-0.25, -0.2) is 14.4 Å². The first-order valence-corrected chi connectivity index (χ1v) is 9.50. The smallest absolute Gasteiger partial charge is 0.355 e. The maximum atomic E-state index is 13.0. The molecule has 0 saturated carbocycles. The highest BCUT2D eigenvalue weighted by atomic mass is 79.9. The van der Waals surface area contributed by atoms with Crippen molar-refractivity contribution in [3.63, 3.8) is 0 Å². The SMILES string of the molecule is COC(=O)C1=C(C(=O)OC)N(c2ccc(C)cc2)C(=O)NC1c1cccc(Br)c1. The van der Waals surface area contributed by atoms with Crippen molar-refractivity contribution in [2.75, 3.05) is 19.1 Å². The highest BCUT2D eigenvalue weighted by Crippen LogP contribution is 2.35. The Labute approximate surface area is 176 Å². The van der Waals surface area contributed by atoms with Gasteiger partial charge in [-0.15, -0.1) is 0 Å². The topological polar surface area (TPSA) is 84.9 Å². The van der Waals surface area contributed by atoms with Crippen molar-refractivity contribution in [1.29, 1.82) is 0 Å². The number of halogens is 1. The standard InChI is InChI=1S/C21H19BrN2O5/c1-12-7-9-15(10-8-12)24-18(20(26)29-3)16(19(25)28-2)17(23-21(24)27)13-5-4-6-14(22)11-13/h4-11,17H,1-3H3,(H,23,27). The van der Waals surface area contributed by atoms with Crippen molar-refractivity contribution in [3.8, 4) is 0 Å². The number of hydrogen-bond donors (Lipinski definition) is 1. The largest absolute Gasteiger partial charge is 0.466 e. The van der Waals surface area contributed by atoms with Crippen LogP contribution in [0.2, 0.25) is 0 Å². The number of nitrogens with zero attached hydrogens (tertiary/aromatic N) is 1. The predicted octanol–water partition coefficient (Wildman–Crippen LogP) is 3.63. The number of rotatable bonds is 4. The minimum absolute atomic E-state index is 0.0161. The fraction of sp³-hybridized carbons (Fsp3) is 0.190. The van der Waals surface area contributed by atoms with E-state index < -0.39 is 24.0 Å². The van der Waals surface area contributed by atoms with Crippen LogP contribution in [0.4, 0.5) is 10.5 Å². The van der Waals surface area contributed by atoms with E-state index >= 15 is 0 Å². The van der Waals surface area contributed by atoms with E-state index in [0.29, 0.717) is 11.3 Å². The molecule has 3 rings (SSSR count). The van der Waals surface area contributed by atoms with Gasteiger partial charge in [0.2, 0.25) is 0 Å². The average molecular weight is 459 g/mol. The first-order valence-electron chi connectivity index (χ1n) is 8.71. The zero-order valence-corrected chi connectivity index (χ0v) is 17.6. The molecule has 2 aromatic rings. The molecule has 0 radical (unpaired) electrons. The summed E-state index contributed by atoms with van der Waals surface area (Å²) >= 11 is 3.38. The Bertz CT molecular complexity index is 1000. The number of hydrogen-bond acceptors (Lipinski definition) is 5. The number of amides is 2. The van der Waals surface area contributed by atoms with Crippen LogP contribution in [0.25, 0.3) is 0 Å². The van der Waals surface area contributed by atoms with Crippen LogP contribution in [0.3, 0.4) is 0 Å². The Morgan fingerprint density at radius 3 is 2.28 bits per heavy atom. The number of aryl methyl sites for hydroxylation is 1. The molecule has 1 unspecified atom stereocenters. The number of carbonyl (C=O) groups excluding carboxylic acids is 3. The zero-order chi connectivity index (χ0) is 21.1. The maximum Gasteiger partial charge on any atom is 0.355 e. The highest BCUT2D eigenvalue weighted by molar-refractivity contribution is 9.10. The quantitative estimate of drug-likeness (QED) is 0.707. The lowest BCUT2D eigenvalue weighted by Crippen LogP contribution is -2.50. The molecule has 0 fully saturated rings. The number of ether oxygens (including phenoxy) is 2. The van der Waals surface area contributed by atoms with E-state index in [2.05, 4.69) is 21.2 Å². The van der Waals surface area contributed by atoms with E-state index in [1.54, 1.807) is 42.5 Å². The van der Waals surface area contributed by atoms with Crippen molar-refractivity contribution < 1.29 is 23.9 Å². The Morgan fingerprint density at radius 1 is 1.03 bits per heavy atom. The van der Waals surface area contributed by atoms with Gasteiger partial charge in [-0.2, -0.15) is 0 Å². The van der Waals surface area contributed by atoms with Crippen molar-refractivity contribution in [1.82, 2.24) is 5.32 Å². The second-order valence-corrected chi connectivity index (χ2v) is 7.27. The Hall–Kier alpha value is -3.13. The fourth-order valence-electron chi connectivity index (χ4n) is 3.12. The summed E-state index contributed by atoms with van der Waals surface area (Å²) in [5.41, 5.74) is 1.81. The molecule has 2 amide bonds. The summed E-state index contributed by atoms with van der Waals surface area (Å²) in [6.45, 7) is 1.90. The third kappa shape index (κ3) is 4.02. The van der Waals surface area contributed by atoms with Gasteiger partial charge in [0, 0.05) is 4.47 Å². The van der Waals surface area contributed by atoms with Gasteiger partial charge < -0.3 is 14.8 Å². The van der Waals surface area contributed by atoms with E-state index in [0.717, 1.165) is 14.9 Å². The summed E-state index contributed by atoms with van der Waals surface area (Å²) in [7, 11) is 2.41. The van der Waals surface area contributed by atoms with Gasteiger partial charge in [-0.3, -0.25) is 4.90 Å². The maximum absolute atomic E-state index is 13.0. The fourth-order valence-corrected chi connectivity index (χ4v) is 3.53. The zero-order valence-electron chi connectivity index (χ0n) is 16.1. The first-order chi connectivity index (χ1) is 13.9. The molecule has 1 aliphatic heterocycles. The summed E-state index contributed by atoms with van der Waals surface area (Å²) in [5.74, 6) is -1.56. The molecule has 0 saturated heterocycles. The molecule has 150 valence electrons. The molecule has 0 spiro atoms. The van der Waals surface area contributed by atoms with Crippen LogP contribution in [-0.2, 0) is 19.1 Å². The lowest BCUT2D eigenvalue weighted by Gasteiger charge is -2.35. The van der Waals surface area contributed by atoms with Crippen LogP contribution < -0.4 is 10.2 Å². The summed E-state index contributed by atoms with van der Waals surface area (Å²) in [4.78, 5) is 39.6. The second kappa shape index (κ2) is 8.48. The molecule has 2 aromatic carbocycles. The van der Waals surface area contributed by atoms with E-state index in [9.17, 15) is 14.4 Å². The van der Waals surface area contributed by atoms with E-state index in [-0.39, 0.29) is 11.3 Å². The normalized spacial score (nSPS) is 16.3. The number of anilines is 1. The Kier molecular flexibility index (Phi) is 6.03. The first kappa shape index (κ1) is 20.6. The lowest BCUT2D eigenvalue weighted by atomic mass is 9.94. The van der Waals surface area contributed by atoms with Crippen LogP contribution in [0.5, 0.6) is 0 Å². The summed E-state index contributed by atoms with van der Waals surface area (Å²) in [5, 5.41) is 2.80. The van der Waals surface area contributed by atoms with Gasteiger partial charge in [-0.1, -0.05) is 45.8 Å². The molecule has 8 heteroatoms. The van der Waals surface area contributed by atoms with Crippen LogP contribution in [0.15, 0.2) is 64.3 Å². The van der Waals surface area contributed by atoms with E-state index in [4.69, 9.17) is 9.47 Å². The Balaban J connectivity index is 2.27. The number of esters is 2. The van der Waals surface area contributed by atoms with Crippen LogP contribution in [-0.4, -0.2) is 32.2 Å². The van der Waals surface area contributed by atoms with E-state index in [1.165, 1.54) is 14.2 Å². The summed E-state index contributed by atoms with van der Waals surface area (Å²) < 4.78 is 10.6. The monoisotopic (exact) mass is 458 g/mol. The van der Waals surface area contributed by atoms with Crippen molar-refractivity contribution >= 4 is 39.6 Å². The van der Waals surface area contributed by atoms with Crippen LogP contribution >= 0.6 is 15.9 Å². The minimum Gasteiger partial charge on any atom is -0.466 e. The number of urea groups is 1. The van der Waals surface area contributed by atoms with Crippen molar-refractivity contribution in [2.24, 2.45) is 0 Å². The molecule has 0 aliphatic carbocycles. The molecular formula is C21H19BrN2O5. The van der Waals surface area contributed by atoms with E-state index in [1.807, 2.05) is 13.0 Å². The number of benzene rings is 2. The molecule has 1 N–H and O–H groups in total. The number of nitrogens with one attached hydrogen (secondary N) is 1. The molecular weight excluding hydrogens is 440 g/mol. The molecule has 29 heavy (non-hydrogen) atoms. The molecule has 7 nitrogen and oxygen atoms in total. The lowest BCUT2D eigenvalue weighted by molar-refractivity contribution is -0.139. The van der Waals surface area contributed by atoms with Gasteiger partial charge in [0.25, 0.3) is 0 Å². The Morgan fingerprint density at radius 2 is 1.69 bits per heavy atom. The molecule has 0 aromatic heterocycles. The summed E-state index contributed by atoms with van der Waals surface area (Å²) in [6, 6.07) is 12.6. The molecule has 1 atom stereocenters. The molecule has 1 aliphatic rings. The van der Waals surface area contributed by atoms with Gasteiger partial charge in [-0.05, 0) is 36.8 Å². The second-order valence-electron chi connectivity index (χ2n) is 6.35. The highest BCUT2D eigenvalue weighted by Gasteiger charge is 2.42. The van der Waals surface area contributed by atoms with Crippen molar-refractivity contribution in [2.45, 2.75) is 13.0 Å². The number of methoxy groups -OCH3 is 2. The third-order valence-corrected chi connectivity index (χ3v) is 4.99. The van der Waals surface area contributed by atoms with Gasteiger partial charge in [0.1, 0.15) is 5.70 Å². The minimum atomic E-state index is -0.886. The van der Waals surface area contributed by atoms with Crippen molar-refractivity contribution in [3.05, 3.63) is 75.4 Å². The third-order valence-electron chi connectivity index (χ3n) is 4.50. The predicted molar refractivity (Wildman–Crippen MR) is 110 cm³/mol. The molecule has 1 heterocycles. The molecule has 0 bridgehead atoms. The van der Waals surface area contributed by atoms with Crippen LogP contribution in [0, 0.1) is 6.92 Å². The average Bonchev–Trinajstić information content (AvgIpc) is 2.72. The van der Waals surface area contributed by atoms with Crippen LogP contribution in [0.1, 0.15) is 17.2 Å².